The van der Waals surface area contributed by atoms with E-state index in [1.807, 2.05) is 76.2 Å². The fourth-order valence-corrected chi connectivity index (χ4v) is 2.65. The van der Waals surface area contributed by atoms with Gasteiger partial charge in [-0.05, 0) is 30.9 Å². The van der Waals surface area contributed by atoms with Crippen LogP contribution in [0, 0.1) is 19.8 Å². The Hall–Kier alpha value is -1.64. The zero-order valence-corrected chi connectivity index (χ0v) is 13.3. The number of hydrogen-bond donors (Lipinski definition) is 2. The lowest BCUT2D eigenvalue weighted by Crippen LogP contribution is -2.49. The van der Waals surface area contributed by atoms with Gasteiger partial charge in [0.05, 0.1) is 0 Å². The quantitative estimate of drug-likeness (QED) is 0.902. The summed E-state index contributed by atoms with van der Waals surface area (Å²) >= 11 is 0. The van der Waals surface area contributed by atoms with Gasteiger partial charge < -0.3 is 10.8 Å². The standard InChI is InChI=1S/C19H25NO/c1-13(2)18(20)19(21,16-9-5-14(3)6-10-16)17-11-7-15(4)8-12-17/h5-13,18,21H,20H2,1-4H3/t18-/m1/s1. The molecule has 0 saturated heterocycles. The van der Waals surface area contributed by atoms with E-state index in [-0.39, 0.29) is 12.0 Å². The van der Waals surface area contributed by atoms with Gasteiger partial charge in [0.25, 0.3) is 0 Å². The van der Waals surface area contributed by atoms with Gasteiger partial charge in [0.1, 0.15) is 5.60 Å². The molecule has 3 N–H and O–H groups in total. The number of aliphatic hydroxyl groups is 1. The van der Waals surface area contributed by atoms with Crippen LogP contribution in [0.4, 0.5) is 0 Å². The molecule has 0 amide bonds. The number of hydrogen-bond acceptors (Lipinski definition) is 2. The van der Waals surface area contributed by atoms with Crippen LogP contribution >= 0.6 is 0 Å². The molecule has 0 fully saturated rings. The van der Waals surface area contributed by atoms with Crippen molar-refractivity contribution in [3.63, 3.8) is 0 Å². The zero-order chi connectivity index (χ0) is 15.6. The molecule has 2 aromatic rings. The van der Waals surface area contributed by atoms with Crippen LogP contribution in [-0.4, -0.2) is 11.1 Å². The second kappa shape index (κ2) is 6.00. The molecule has 2 nitrogen and oxygen atoms in total. The van der Waals surface area contributed by atoms with Crippen molar-refractivity contribution in [1.29, 1.82) is 0 Å². The van der Waals surface area contributed by atoms with Gasteiger partial charge in [-0.15, -0.1) is 0 Å². The number of benzene rings is 2. The Labute approximate surface area is 127 Å². The van der Waals surface area contributed by atoms with Gasteiger partial charge in [0, 0.05) is 6.04 Å². The lowest BCUT2D eigenvalue weighted by Gasteiger charge is -2.37. The second-order valence-corrected chi connectivity index (χ2v) is 6.27. The van der Waals surface area contributed by atoms with Crippen LogP contribution in [0.3, 0.4) is 0 Å². The average molecular weight is 283 g/mol. The highest BCUT2D eigenvalue weighted by Crippen LogP contribution is 2.35. The van der Waals surface area contributed by atoms with Crippen LogP contribution in [0.1, 0.15) is 36.1 Å². The van der Waals surface area contributed by atoms with Gasteiger partial charge in [-0.1, -0.05) is 73.5 Å². The molecule has 21 heavy (non-hydrogen) atoms. The highest BCUT2D eigenvalue weighted by molar-refractivity contribution is 5.40. The van der Waals surface area contributed by atoms with E-state index in [0.717, 1.165) is 11.1 Å². The molecule has 0 heterocycles. The Bertz CT molecular complexity index is 538. The third-order valence-corrected chi connectivity index (χ3v) is 4.18. The molecule has 0 saturated carbocycles. The molecule has 112 valence electrons. The summed E-state index contributed by atoms with van der Waals surface area (Å²) in [5, 5.41) is 11.4. The van der Waals surface area contributed by atoms with Gasteiger partial charge in [-0.3, -0.25) is 0 Å². The first-order valence-electron chi connectivity index (χ1n) is 7.48. The molecule has 0 aliphatic rings. The van der Waals surface area contributed by atoms with Crippen LogP contribution in [0.25, 0.3) is 0 Å². The molecule has 0 radical (unpaired) electrons. The number of nitrogens with two attached hydrogens (primary N) is 1. The second-order valence-electron chi connectivity index (χ2n) is 6.27. The van der Waals surface area contributed by atoms with Crippen LogP contribution in [-0.2, 0) is 5.60 Å². The fraction of sp³-hybridized carbons (Fsp3) is 0.368. The summed E-state index contributed by atoms with van der Waals surface area (Å²) in [6.45, 7) is 8.16. The minimum Gasteiger partial charge on any atom is -0.379 e. The SMILES string of the molecule is Cc1ccc(C(O)(c2ccc(C)cc2)[C@H](N)C(C)C)cc1. The van der Waals surface area contributed by atoms with Crippen LogP contribution in [0.2, 0.25) is 0 Å². The average Bonchev–Trinajstić information content (AvgIpc) is 2.47. The van der Waals surface area contributed by atoms with Crippen molar-refractivity contribution in [2.45, 2.75) is 39.3 Å². The van der Waals surface area contributed by atoms with E-state index in [2.05, 4.69) is 0 Å². The third-order valence-electron chi connectivity index (χ3n) is 4.18. The Morgan fingerprint density at radius 2 is 1.14 bits per heavy atom. The summed E-state index contributed by atoms with van der Waals surface area (Å²) in [6, 6.07) is 15.6. The summed E-state index contributed by atoms with van der Waals surface area (Å²) in [6.07, 6.45) is 0. The summed E-state index contributed by atoms with van der Waals surface area (Å²) < 4.78 is 0. The summed E-state index contributed by atoms with van der Waals surface area (Å²) in [5.41, 5.74) is 9.24. The highest BCUT2D eigenvalue weighted by atomic mass is 16.3. The molecule has 0 aromatic heterocycles. The largest absolute Gasteiger partial charge is 0.379 e. The van der Waals surface area contributed by atoms with Gasteiger partial charge in [-0.2, -0.15) is 0 Å². The normalized spacial score (nSPS) is 13.5. The van der Waals surface area contributed by atoms with Crippen molar-refractivity contribution in [3.8, 4) is 0 Å². The smallest absolute Gasteiger partial charge is 0.130 e. The zero-order valence-electron chi connectivity index (χ0n) is 13.3. The van der Waals surface area contributed by atoms with Crippen molar-refractivity contribution >= 4 is 0 Å². The van der Waals surface area contributed by atoms with E-state index in [1.54, 1.807) is 0 Å². The molecule has 1 atom stereocenters. The summed E-state index contributed by atoms with van der Waals surface area (Å²) in [5.74, 6) is 0.164. The van der Waals surface area contributed by atoms with Crippen molar-refractivity contribution in [2.75, 3.05) is 0 Å². The molecule has 0 unspecified atom stereocenters. The Morgan fingerprint density at radius 1 is 0.810 bits per heavy atom. The van der Waals surface area contributed by atoms with Gasteiger partial charge in [0.2, 0.25) is 0 Å². The molecule has 0 aliphatic carbocycles. The maximum absolute atomic E-state index is 11.4. The Balaban J connectivity index is 2.58. The fourth-order valence-electron chi connectivity index (χ4n) is 2.65. The molecular weight excluding hydrogens is 258 g/mol. The topological polar surface area (TPSA) is 46.2 Å². The van der Waals surface area contributed by atoms with E-state index in [9.17, 15) is 5.11 Å². The van der Waals surface area contributed by atoms with E-state index >= 15 is 0 Å². The molecular formula is C19H25NO. The lowest BCUT2D eigenvalue weighted by atomic mass is 9.76. The number of aryl methyl sites for hydroxylation is 2. The van der Waals surface area contributed by atoms with Crippen molar-refractivity contribution in [3.05, 3.63) is 70.8 Å². The maximum atomic E-state index is 11.4. The Kier molecular flexibility index (Phi) is 4.50. The predicted octanol–water partition coefficient (Wildman–Crippen LogP) is 3.52. The van der Waals surface area contributed by atoms with Crippen LogP contribution in [0.15, 0.2) is 48.5 Å². The minimum atomic E-state index is -1.17. The van der Waals surface area contributed by atoms with E-state index in [4.69, 9.17) is 5.73 Å². The van der Waals surface area contributed by atoms with Crippen molar-refractivity contribution in [2.24, 2.45) is 11.7 Å². The first-order chi connectivity index (χ1) is 9.85. The minimum absolute atomic E-state index is 0.164. The summed E-state index contributed by atoms with van der Waals surface area (Å²) in [4.78, 5) is 0. The molecule has 2 rings (SSSR count). The van der Waals surface area contributed by atoms with Crippen molar-refractivity contribution < 1.29 is 5.11 Å². The first-order valence-corrected chi connectivity index (χ1v) is 7.48. The Morgan fingerprint density at radius 3 is 1.43 bits per heavy atom. The van der Waals surface area contributed by atoms with E-state index in [1.165, 1.54) is 11.1 Å². The predicted molar refractivity (Wildman–Crippen MR) is 88.2 cm³/mol. The molecule has 2 heteroatoms. The molecule has 0 bridgehead atoms. The lowest BCUT2D eigenvalue weighted by molar-refractivity contribution is 0.0353. The van der Waals surface area contributed by atoms with Gasteiger partial charge in [-0.25, -0.2) is 0 Å². The number of rotatable bonds is 4. The molecule has 2 aromatic carbocycles. The van der Waals surface area contributed by atoms with Crippen LogP contribution in [0.5, 0.6) is 0 Å². The van der Waals surface area contributed by atoms with Gasteiger partial charge in [0.15, 0.2) is 0 Å². The maximum Gasteiger partial charge on any atom is 0.130 e. The monoisotopic (exact) mass is 283 g/mol. The van der Waals surface area contributed by atoms with Crippen LogP contribution < -0.4 is 5.73 Å². The molecule has 0 spiro atoms. The molecule has 0 aliphatic heterocycles. The highest BCUT2D eigenvalue weighted by Gasteiger charge is 2.39. The first kappa shape index (κ1) is 15.7. The van der Waals surface area contributed by atoms with E-state index in [0.29, 0.717) is 0 Å². The van der Waals surface area contributed by atoms with E-state index < -0.39 is 5.60 Å². The van der Waals surface area contributed by atoms with Gasteiger partial charge >= 0.3 is 0 Å². The third kappa shape index (κ3) is 3.02. The summed E-state index contributed by atoms with van der Waals surface area (Å²) in [7, 11) is 0. The van der Waals surface area contributed by atoms with Crippen molar-refractivity contribution in [1.82, 2.24) is 0 Å².